The van der Waals surface area contributed by atoms with Crippen molar-refractivity contribution in [3.63, 3.8) is 0 Å². The molecule has 0 atom stereocenters. The van der Waals surface area contributed by atoms with Crippen LogP contribution in [-0.2, 0) is 16.0 Å². The lowest BCUT2D eigenvalue weighted by molar-refractivity contribution is -0.142. The third kappa shape index (κ3) is 4.80. The van der Waals surface area contributed by atoms with Gasteiger partial charge in [-0.1, -0.05) is 0 Å². The standard InChI is InChI=1S/C12H13N5O3S/c1-2-20-10(18)5-8-7-21-12(15-8)17-11(19)16-9-6-13-3-4-14-9/h3-4,6-7H,2,5H2,1H3,(H2,14,15,16,17,19). The van der Waals surface area contributed by atoms with Gasteiger partial charge in [-0.3, -0.25) is 20.4 Å². The molecule has 110 valence electrons. The molecule has 21 heavy (non-hydrogen) atoms. The van der Waals surface area contributed by atoms with Crippen LogP contribution < -0.4 is 10.6 Å². The van der Waals surface area contributed by atoms with Gasteiger partial charge in [-0.25, -0.2) is 14.8 Å². The Bertz CT molecular complexity index is 616. The van der Waals surface area contributed by atoms with Crippen LogP contribution in [0, 0.1) is 0 Å². The number of aromatic nitrogens is 3. The summed E-state index contributed by atoms with van der Waals surface area (Å²) >= 11 is 1.22. The van der Waals surface area contributed by atoms with Crippen LogP contribution in [0.15, 0.2) is 24.0 Å². The van der Waals surface area contributed by atoms with Gasteiger partial charge in [-0.15, -0.1) is 11.3 Å². The van der Waals surface area contributed by atoms with Gasteiger partial charge in [0.1, 0.15) is 0 Å². The van der Waals surface area contributed by atoms with Gasteiger partial charge < -0.3 is 4.74 Å². The van der Waals surface area contributed by atoms with Crippen molar-refractivity contribution < 1.29 is 14.3 Å². The fourth-order valence-electron chi connectivity index (χ4n) is 1.41. The van der Waals surface area contributed by atoms with Crippen molar-refractivity contribution in [2.24, 2.45) is 0 Å². The van der Waals surface area contributed by atoms with Crippen molar-refractivity contribution in [3.05, 3.63) is 29.7 Å². The molecule has 2 N–H and O–H groups in total. The Kier molecular flexibility index (Phi) is 5.16. The Labute approximate surface area is 124 Å². The maximum atomic E-state index is 11.7. The van der Waals surface area contributed by atoms with Gasteiger partial charge in [-0.05, 0) is 6.92 Å². The Hall–Kier alpha value is -2.55. The first kappa shape index (κ1) is 14.9. The molecule has 0 aromatic carbocycles. The monoisotopic (exact) mass is 307 g/mol. The van der Waals surface area contributed by atoms with Gasteiger partial charge in [0.15, 0.2) is 10.9 Å². The summed E-state index contributed by atoms with van der Waals surface area (Å²) in [5.74, 6) is -0.0170. The van der Waals surface area contributed by atoms with Crippen LogP contribution >= 0.6 is 11.3 Å². The molecule has 0 aliphatic rings. The number of carbonyl (C=O) groups is 2. The Morgan fingerprint density at radius 2 is 2.19 bits per heavy atom. The number of urea groups is 1. The molecule has 8 nitrogen and oxygen atoms in total. The summed E-state index contributed by atoms with van der Waals surface area (Å²) in [6, 6.07) is -0.479. The minimum atomic E-state index is -0.479. The van der Waals surface area contributed by atoms with E-state index in [1.54, 1.807) is 12.3 Å². The zero-order valence-corrected chi connectivity index (χ0v) is 12.0. The third-order valence-corrected chi connectivity index (χ3v) is 3.01. The number of amides is 2. The van der Waals surface area contributed by atoms with Gasteiger partial charge in [0, 0.05) is 17.8 Å². The molecular weight excluding hydrogens is 294 g/mol. The smallest absolute Gasteiger partial charge is 0.326 e. The predicted molar refractivity (Wildman–Crippen MR) is 77.1 cm³/mol. The van der Waals surface area contributed by atoms with E-state index in [0.717, 1.165) is 0 Å². The van der Waals surface area contributed by atoms with Crippen LogP contribution in [0.3, 0.4) is 0 Å². The van der Waals surface area contributed by atoms with E-state index >= 15 is 0 Å². The molecule has 0 fully saturated rings. The third-order valence-electron chi connectivity index (χ3n) is 2.21. The summed E-state index contributed by atoms with van der Waals surface area (Å²) in [6.45, 7) is 2.07. The van der Waals surface area contributed by atoms with E-state index in [1.165, 1.54) is 29.9 Å². The molecule has 0 aliphatic heterocycles. The summed E-state index contributed by atoms with van der Waals surface area (Å²) in [5.41, 5.74) is 0.549. The van der Waals surface area contributed by atoms with Gasteiger partial charge >= 0.3 is 12.0 Å². The normalized spacial score (nSPS) is 9.95. The fourth-order valence-corrected chi connectivity index (χ4v) is 2.12. The first-order valence-electron chi connectivity index (χ1n) is 6.11. The number of nitrogens with zero attached hydrogens (tertiary/aromatic N) is 3. The average molecular weight is 307 g/mol. The molecule has 0 unspecified atom stereocenters. The highest BCUT2D eigenvalue weighted by Gasteiger charge is 2.10. The molecule has 0 saturated carbocycles. The molecule has 2 heterocycles. The van der Waals surface area contributed by atoms with Gasteiger partial charge in [0.05, 0.1) is 24.9 Å². The molecule has 2 aromatic heterocycles. The van der Waals surface area contributed by atoms with Gasteiger partial charge in [-0.2, -0.15) is 0 Å². The summed E-state index contributed by atoms with van der Waals surface area (Å²) < 4.78 is 4.83. The van der Waals surface area contributed by atoms with Crippen molar-refractivity contribution >= 4 is 34.3 Å². The second kappa shape index (κ2) is 7.29. The van der Waals surface area contributed by atoms with Crippen molar-refractivity contribution in [3.8, 4) is 0 Å². The number of carbonyl (C=O) groups excluding carboxylic acids is 2. The first-order valence-corrected chi connectivity index (χ1v) is 6.99. The van der Waals surface area contributed by atoms with E-state index in [4.69, 9.17) is 4.74 Å². The second-order valence-electron chi connectivity index (χ2n) is 3.80. The summed E-state index contributed by atoms with van der Waals surface area (Å²) in [7, 11) is 0. The van der Waals surface area contributed by atoms with Gasteiger partial charge in [0.2, 0.25) is 0 Å². The molecule has 0 aliphatic carbocycles. The van der Waals surface area contributed by atoms with E-state index in [-0.39, 0.29) is 12.4 Å². The molecule has 0 bridgehead atoms. The van der Waals surface area contributed by atoms with Crippen molar-refractivity contribution in [1.29, 1.82) is 0 Å². The van der Waals surface area contributed by atoms with E-state index < -0.39 is 6.03 Å². The molecule has 0 spiro atoms. The van der Waals surface area contributed by atoms with Crippen LogP contribution in [0.25, 0.3) is 0 Å². The first-order chi connectivity index (χ1) is 10.2. The van der Waals surface area contributed by atoms with E-state index in [1.807, 2.05) is 0 Å². The number of esters is 1. The highest BCUT2D eigenvalue weighted by Crippen LogP contribution is 2.16. The SMILES string of the molecule is CCOC(=O)Cc1csc(NC(=O)Nc2cnccn2)n1. The highest BCUT2D eigenvalue weighted by molar-refractivity contribution is 7.13. The van der Waals surface area contributed by atoms with E-state index in [0.29, 0.717) is 23.3 Å². The maximum Gasteiger partial charge on any atom is 0.326 e. The fraction of sp³-hybridized carbons (Fsp3) is 0.250. The lowest BCUT2D eigenvalue weighted by Gasteiger charge is -2.03. The average Bonchev–Trinajstić information content (AvgIpc) is 2.87. The Morgan fingerprint density at radius 1 is 1.33 bits per heavy atom. The topological polar surface area (TPSA) is 106 Å². The Balaban J connectivity index is 1.87. The highest BCUT2D eigenvalue weighted by atomic mass is 32.1. The molecule has 9 heteroatoms. The van der Waals surface area contributed by atoms with Crippen LogP contribution in [0.4, 0.5) is 15.7 Å². The zero-order valence-electron chi connectivity index (χ0n) is 11.2. The summed E-state index contributed by atoms with van der Waals surface area (Å²) in [4.78, 5) is 34.9. The molecule has 0 radical (unpaired) electrons. The minimum Gasteiger partial charge on any atom is -0.466 e. The lowest BCUT2D eigenvalue weighted by atomic mass is 10.3. The predicted octanol–water partition coefficient (Wildman–Crippen LogP) is 1.68. The van der Waals surface area contributed by atoms with E-state index in [9.17, 15) is 9.59 Å². The molecule has 2 rings (SSSR count). The maximum absolute atomic E-state index is 11.7. The van der Waals surface area contributed by atoms with Crippen LogP contribution in [0.5, 0.6) is 0 Å². The summed E-state index contributed by atoms with van der Waals surface area (Å²) in [5, 5.41) is 7.14. The van der Waals surface area contributed by atoms with Crippen molar-refractivity contribution in [2.45, 2.75) is 13.3 Å². The quantitative estimate of drug-likeness (QED) is 0.814. The largest absolute Gasteiger partial charge is 0.466 e. The van der Waals surface area contributed by atoms with Crippen LogP contribution in [-0.4, -0.2) is 33.6 Å². The van der Waals surface area contributed by atoms with Crippen molar-refractivity contribution in [2.75, 3.05) is 17.2 Å². The molecule has 0 saturated heterocycles. The zero-order chi connectivity index (χ0) is 15.1. The van der Waals surface area contributed by atoms with E-state index in [2.05, 4.69) is 25.6 Å². The number of hydrogen-bond donors (Lipinski definition) is 2. The molecule has 2 aromatic rings. The number of nitrogens with one attached hydrogen (secondary N) is 2. The number of thiazole rings is 1. The number of anilines is 2. The van der Waals surface area contributed by atoms with Crippen LogP contribution in [0.2, 0.25) is 0 Å². The van der Waals surface area contributed by atoms with Crippen molar-refractivity contribution in [1.82, 2.24) is 15.0 Å². The molecular formula is C12H13N5O3S. The molecule has 2 amide bonds. The van der Waals surface area contributed by atoms with Crippen LogP contribution in [0.1, 0.15) is 12.6 Å². The lowest BCUT2D eigenvalue weighted by Crippen LogP contribution is -2.20. The summed E-state index contributed by atoms with van der Waals surface area (Å²) in [6.07, 6.45) is 4.48. The van der Waals surface area contributed by atoms with Gasteiger partial charge in [0.25, 0.3) is 0 Å². The number of hydrogen-bond acceptors (Lipinski definition) is 7. The minimum absolute atomic E-state index is 0.0812. The Morgan fingerprint density at radius 3 is 2.90 bits per heavy atom. The number of ether oxygens (including phenoxy) is 1. The second-order valence-corrected chi connectivity index (χ2v) is 4.65. The number of rotatable bonds is 5.